The number of hydrogen-bond donors (Lipinski definition) is 0. The number of rotatable bonds is 6. The van der Waals surface area contributed by atoms with Gasteiger partial charge in [-0.2, -0.15) is 0 Å². The maximum atomic E-state index is 2.51. The average molecular weight is 684 g/mol. The molecule has 10 rings (SSSR count). The molecule has 240 valence electrons. The predicted molar refractivity (Wildman–Crippen MR) is 223 cm³/mol. The van der Waals surface area contributed by atoms with Gasteiger partial charge in [-0.1, -0.05) is 164 Å². The van der Waals surface area contributed by atoms with Crippen LogP contribution in [0, 0.1) is 0 Å². The lowest BCUT2D eigenvalue weighted by Gasteiger charge is -2.35. The molecule has 0 bridgehead atoms. The molecule has 0 atom stereocenters. The maximum absolute atomic E-state index is 2.79. The molecule has 0 fully saturated rings. The summed E-state index contributed by atoms with van der Waals surface area (Å²) in [6.07, 6.45) is 0. The van der Waals surface area contributed by atoms with Crippen molar-refractivity contribution < 1.29 is 0 Å². The summed E-state index contributed by atoms with van der Waals surface area (Å²) in [6, 6.07) is 74.6. The van der Waals surface area contributed by atoms with Gasteiger partial charge in [0.25, 0.3) is 0 Å². The Bertz CT molecular complexity index is 2810. The van der Waals surface area contributed by atoms with E-state index in [0.29, 0.717) is 0 Å². The Morgan fingerprint density at radius 3 is 1.67 bits per heavy atom. The molecule has 8 aromatic carbocycles. The second-order valence-corrected chi connectivity index (χ2v) is 18.2. The number of fused-ring (bicyclic) bond motifs is 6. The van der Waals surface area contributed by atoms with Gasteiger partial charge in [-0.3, -0.25) is 0 Å². The van der Waals surface area contributed by atoms with E-state index in [4.69, 9.17) is 0 Å². The fraction of sp³-hybridized carbons (Fsp3) is 0. The van der Waals surface area contributed by atoms with Gasteiger partial charge in [0.1, 0.15) is 0 Å². The zero-order valence-electron chi connectivity index (χ0n) is 27.9. The molecule has 0 radical (unpaired) electrons. The predicted octanol–water partition coefficient (Wildman–Crippen LogP) is 10.2. The summed E-state index contributed by atoms with van der Waals surface area (Å²) in [5.41, 5.74) is 6.05. The third kappa shape index (κ3) is 4.74. The highest BCUT2D eigenvalue weighted by Gasteiger charge is 2.41. The lowest BCUT2D eigenvalue weighted by atomic mass is 10.0. The standard InChI is InChI=1S/C48H33NSSi/c1-4-16-36(17-5-1)49-45-25-12-10-23-41(45)42-29-27-35(32-46(42)49)34-15-14-22-39(31-34)51(37-18-6-2-7-19-37,38-20-8-3-9-21-38)40-28-30-48-44(33-40)43-24-11-13-26-47(43)50-48/h1-33H. The highest BCUT2D eigenvalue weighted by molar-refractivity contribution is 7.26. The molecule has 0 unspecified atom stereocenters. The van der Waals surface area contributed by atoms with Gasteiger partial charge in [0.2, 0.25) is 0 Å². The zero-order chi connectivity index (χ0) is 33.8. The second kappa shape index (κ2) is 12.1. The summed E-state index contributed by atoms with van der Waals surface area (Å²) in [5.74, 6) is 0. The van der Waals surface area contributed by atoms with E-state index in [2.05, 4.69) is 205 Å². The molecule has 2 heterocycles. The monoisotopic (exact) mass is 683 g/mol. The molecule has 51 heavy (non-hydrogen) atoms. The van der Waals surface area contributed by atoms with Gasteiger partial charge in [-0.25, -0.2) is 0 Å². The summed E-state index contributed by atoms with van der Waals surface area (Å²) in [6.45, 7) is 0. The lowest BCUT2D eigenvalue weighted by Crippen LogP contribution is -2.74. The van der Waals surface area contributed by atoms with Gasteiger partial charge in [-0.15, -0.1) is 11.3 Å². The summed E-state index contributed by atoms with van der Waals surface area (Å²) < 4.78 is 5.08. The number of nitrogens with zero attached hydrogens (tertiary/aromatic N) is 1. The van der Waals surface area contributed by atoms with Crippen LogP contribution in [0.1, 0.15) is 0 Å². The van der Waals surface area contributed by atoms with Crippen molar-refractivity contribution in [1.82, 2.24) is 4.57 Å². The van der Waals surface area contributed by atoms with E-state index in [1.807, 2.05) is 11.3 Å². The first-order valence-corrected chi connectivity index (χ1v) is 20.3. The van der Waals surface area contributed by atoms with Crippen LogP contribution < -0.4 is 20.7 Å². The molecule has 0 aliphatic carbocycles. The molecule has 2 aromatic heterocycles. The van der Waals surface area contributed by atoms with E-state index in [9.17, 15) is 0 Å². The van der Waals surface area contributed by atoms with Gasteiger partial charge in [0.05, 0.1) is 11.0 Å². The fourth-order valence-electron chi connectivity index (χ4n) is 8.27. The van der Waals surface area contributed by atoms with Gasteiger partial charge < -0.3 is 4.57 Å². The number of thiophene rings is 1. The molecule has 0 N–H and O–H groups in total. The van der Waals surface area contributed by atoms with E-state index >= 15 is 0 Å². The molecule has 0 aliphatic heterocycles. The molecule has 0 aliphatic rings. The van der Waals surface area contributed by atoms with E-state index in [0.717, 1.165) is 0 Å². The minimum atomic E-state index is -2.79. The van der Waals surface area contributed by atoms with Crippen molar-refractivity contribution in [3.63, 3.8) is 0 Å². The first-order valence-electron chi connectivity index (χ1n) is 17.5. The number of aromatic nitrogens is 1. The Kier molecular flexibility index (Phi) is 7.09. The number of para-hydroxylation sites is 2. The highest BCUT2D eigenvalue weighted by Crippen LogP contribution is 2.36. The van der Waals surface area contributed by atoms with Gasteiger partial charge in [0.15, 0.2) is 8.07 Å². The van der Waals surface area contributed by atoms with E-state index in [1.54, 1.807) is 0 Å². The molecule has 0 saturated carbocycles. The van der Waals surface area contributed by atoms with Crippen LogP contribution >= 0.6 is 11.3 Å². The number of hydrogen-bond acceptors (Lipinski definition) is 1. The number of benzene rings is 8. The quantitative estimate of drug-likeness (QED) is 0.121. The molecule has 0 saturated heterocycles. The molecule has 0 spiro atoms. The van der Waals surface area contributed by atoms with Crippen molar-refractivity contribution in [3.05, 3.63) is 200 Å². The van der Waals surface area contributed by atoms with E-state index < -0.39 is 8.07 Å². The Morgan fingerprint density at radius 1 is 0.333 bits per heavy atom. The molecular weight excluding hydrogens is 651 g/mol. The Hall–Kier alpha value is -6.00. The first kappa shape index (κ1) is 29.9. The Labute approximate surface area is 302 Å². The van der Waals surface area contributed by atoms with Crippen LogP contribution in [-0.2, 0) is 0 Å². The molecule has 10 aromatic rings. The Morgan fingerprint density at radius 2 is 0.902 bits per heavy atom. The van der Waals surface area contributed by atoms with Crippen molar-refractivity contribution in [2.45, 2.75) is 0 Å². The molecule has 0 amide bonds. The average Bonchev–Trinajstić information content (AvgIpc) is 3.75. The molecular formula is C48H33NSSi. The van der Waals surface area contributed by atoms with Crippen LogP contribution in [0.3, 0.4) is 0 Å². The van der Waals surface area contributed by atoms with Crippen LogP contribution in [0.2, 0.25) is 0 Å². The van der Waals surface area contributed by atoms with Crippen molar-refractivity contribution >= 4 is 82.1 Å². The van der Waals surface area contributed by atoms with Crippen LogP contribution in [0.15, 0.2) is 200 Å². The first-order chi connectivity index (χ1) is 25.3. The van der Waals surface area contributed by atoms with Crippen molar-refractivity contribution in [3.8, 4) is 16.8 Å². The summed E-state index contributed by atoms with van der Waals surface area (Å²) in [7, 11) is -2.79. The largest absolute Gasteiger partial charge is 0.309 e. The minimum absolute atomic E-state index is 1.17. The van der Waals surface area contributed by atoms with Gasteiger partial charge in [0, 0.05) is 36.6 Å². The van der Waals surface area contributed by atoms with E-state index in [1.165, 1.54) is 79.5 Å². The molecule has 1 nitrogen and oxygen atoms in total. The van der Waals surface area contributed by atoms with Gasteiger partial charge in [-0.05, 0) is 68.3 Å². The SMILES string of the molecule is c1ccc(-n2c3ccccc3c3ccc(-c4cccc([Si](c5ccccc5)(c5ccccc5)c5ccc6sc7ccccc7c6c5)c4)cc32)cc1. The topological polar surface area (TPSA) is 4.93 Å². The van der Waals surface area contributed by atoms with Crippen LogP contribution in [0.4, 0.5) is 0 Å². The van der Waals surface area contributed by atoms with E-state index in [-0.39, 0.29) is 0 Å². The maximum Gasteiger partial charge on any atom is 0.179 e. The minimum Gasteiger partial charge on any atom is -0.309 e. The molecule has 3 heteroatoms. The van der Waals surface area contributed by atoms with Gasteiger partial charge >= 0.3 is 0 Å². The highest BCUT2D eigenvalue weighted by atomic mass is 32.1. The fourth-order valence-corrected chi connectivity index (χ4v) is 14.2. The lowest BCUT2D eigenvalue weighted by molar-refractivity contribution is 1.18. The second-order valence-electron chi connectivity index (χ2n) is 13.3. The van der Waals surface area contributed by atoms with Crippen molar-refractivity contribution in [2.24, 2.45) is 0 Å². The van der Waals surface area contributed by atoms with Crippen LogP contribution in [-0.4, -0.2) is 12.6 Å². The Balaban J connectivity index is 1.24. The third-order valence-electron chi connectivity index (χ3n) is 10.5. The summed E-state index contributed by atoms with van der Waals surface area (Å²) >= 11 is 1.88. The van der Waals surface area contributed by atoms with Crippen molar-refractivity contribution in [2.75, 3.05) is 0 Å². The normalized spacial score (nSPS) is 11.9. The van der Waals surface area contributed by atoms with Crippen molar-refractivity contribution in [1.29, 1.82) is 0 Å². The zero-order valence-corrected chi connectivity index (χ0v) is 29.7. The van der Waals surface area contributed by atoms with Crippen LogP contribution in [0.25, 0.3) is 58.8 Å². The summed E-state index contributed by atoms with van der Waals surface area (Å²) in [4.78, 5) is 0. The smallest absolute Gasteiger partial charge is 0.179 e. The summed E-state index contributed by atoms with van der Waals surface area (Å²) in [5, 5.41) is 10.7. The third-order valence-corrected chi connectivity index (χ3v) is 16.4. The van der Waals surface area contributed by atoms with Crippen LogP contribution in [0.5, 0.6) is 0 Å².